The van der Waals surface area contributed by atoms with Crippen LogP contribution in [0.3, 0.4) is 0 Å². The van der Waals surface area contributed by atoms with Crippen molar-refractivity contribution < 1.29 is 18.7 Å². The van der Waals surface area contributed by atoms with Gasteiger partial charge >= 0.3 is 0 Å². The Labute approximate surface area is 271 Å². The second-order valence-corrected chi connectivity index (χ2v) is 11.7. The molecule has 1 aromatic heterocycles. The quantitative estimate of drug-likeness (QED) is 0.254. The Morgan fingerprint density at radius 1 is 1.15 bits per heavy atom. The van der Waals surface area contributed by atoms with Gasteiger partial charge in [-0.3, -0.25) is 15.1 Å². The van der Waals surface area contributed by atoms with Gasteiger partial charge in [0.1, 0.15) is 24.3 Å². The van der Waals surface area contributed by atoms with E-state index in [0.717, 1.165) is 50.8 Å². The molecule has 4 N–H and O–H groups in total. The molecule has 15 heteroatoms. The summed E-state index contributed by atoms with van der Waals surface area (Å²) in [7, 11) is 0. The van der Waals surface area contributed by atoms with Gasteiger partial charge in [0.15, 0.2) is 12.0 Å². The van der Waals surface area contributed by atoms with Gasteiger partial charge in [0, 0.05) is 56.1 Å². The number of anilines is 3. The van der Waals surface area contributed by atoms with Gasteiger partial charge in [0.2, 0.25) is 11.8 Å². The van der Waals surface area contributed by atoms with Crippen molar-refractivity contribution in [3.63, 3.8) is 0 Å². The highest BCUT2D eigenvalue weighted by molar-refractivity contribution is 6.38. The monoisotopic (exact) mass is 641 g/mol. The number of likely N-dealkylation sites (tertiary alicyclic amines) is 1. The maximum atomic E-state index is 15.1. The molecule has 14 nitrogen and oxygen atoms in total. The lowest BCUT2D eigenvalue weighted by Gasteiger charge is -2.43. The molecule has 1 amide bonds. The van der Waals surface area contributed by atoms with Gasteiger partial charge in [-0.25, -0.2) is 19.4 Å². The van der Waals surface area contributed by atoms with Crippen LogP contribution in [-0.4, -0.2) is 113 Å². The third kappa shape index (κ3) is 7.45. The van der Waals surface area contributed by atoms with E-state index in [1.165, 1.54) is 18.2 Å². The molecular formula is C32H36FN11O3. The summed E-state index contributed by atoms with van der Waals surface area (Å²) >= 11 is 0. The van der Waals surface area contributed by atoms with E-state index in [1.807, 2.05) is 12.1 Å². The summed E-state index contributed by atoms with van der Waals surface area (Å²) in [6.07, 6.45) is -0.838. The van der Waals surface area contributed by atoms with Crippen LogP contribution in [0.1, 0.15) is 18.9 Å². The van der Waals surface area contributed by atoms with E-state index in [4.69, 9.17) is 20.6 Å². The van der Waals surface area contributed by atoms with Crippen molar-refractivity contribution in [3.05, 3.63) is 54.4 Å². The summed E-state index contributed by atoms with van der Waals surface area (Å²) in [5.74, 6) is -0.268. The maximum absolute atomic E-state index is 15.1. The van der Waals surface area contributed by atoms with Gasteiger partial charge in [-0.05, 0) is 49.4 Å². The molecule has 3 aliphatic rings. The molecule has 2 atom stereocenters. The van der Waals surface area contributed by atoms with Crippen LogP contribution in [-0.2, 0) is 9.53 Å². The van der Waals surface area contributed by atoms with Crippen LogP contribution in [0.15, 0.2) is 53.8 Å². The highest BCUT2D eigenvalue weighted by Gasteiger charge is 2.35. The zero-order valence-corrected chi connectivity index (χ0v) is 26.0. The van der Waals surface area contributed by atoms with Crippen LogP contribution >= 0.6 is 0 Å². The van der Waals surface area contributed by atoms with Gasteiger partial charge < -0.3 is 30.3 Å². The summed E-state index contributed by atoms with van der Waals surface area (Å²) < 4.78 is 26.3. The SMILES string of the molecule is CC(N)=NC(=N)C(=O)N1CCC(Oc2ccc(-c3ncnc(Nc4ccc(N5CCN(C6COC6)CC5)cc4)n3)cc2C#N)C(F)C1. The Bertz CT molecular complexity index is 1680. The number of carbonyl (C=O) groups is 1. The van der Waals surface area contributed by atoms with Crippen LogP contribution in [0.5, 0.6) is 5.75 Å². The molecule has 0 aliphatic carbocycles. The van der Waals surface area contributed by atoms with Gasteiger partial charge in [0.05, 0.1) is 37.2 Å². The fourth-order valence-corrected chi connectivity index (χ4v) is 5.76. The minimum absolute atomic E-state index is 0.0704. The fourth-order valence-electron chi connectivity index (χ4n) is 5.76. The van der Waals surface area contributed by atoms with Crippen LogP contribution in [0, 0.1) is 16.7 Å². The zero-order valence-electron chi connectivity index (χ0n) is 26.0. The van der Waals surface area contributed by atoms with E-state index in [2.05, 4.69) is 53.3 Å². The number of amidine groups is 2. The van der Waals surface area contributed by atoms with Gasteiger partial charge in [-0.15, -0.1) is 0 Å². The number of amides is 1. The standard InChI is InChI=1S/C32H36FN11O3/c1-20(35)39-29(36)31(45)44-9-8-28(26(33)16-44)47-27-7-2-21(14-22(27)15-34)30-37-19-38-32(41-30)40-23-3-5-24(6-4-23)42-10-12-43(13-11-42)25-17-46-18-25/h2-7,14,19,25-26,28H,8-13,16-18H2,1H3,(H3,35,36,39)(H,37,38,40,41). The van der Waals surface area contributed by atoms with E-state index < -0.39 is 24.0 Å². The lowest BCUT2D eigenvalue weighted by Crippen LogP contribution is -2.56. The summed E-state index contributed by atoms with van der Waals surface area (Å²) in [6.45, 7) is 7.05. The second-order valence-electron chi connectivity index (χ2n) is 11.7. The minimum atomic E-state index is -1.53. The van der Waals surface area contributed by atoms with E-state index in [9.17, 15) is 10.1 Å². The number of piperazine rings is 1. The summed E-state index contributed by atoms with van der Waals surface area (Å²) in [4.78, 5) is 35.2. The topological polar surface area (TPSA) is 182 Å². The number of nitrogens with one attached hydrogen (secondary N) is 2. The van der Waals surface area contributed by atoms with Crippen LogP contribution in [0.2, 0.25) is 0 Å². The molecule has 6 rings (SSSR count). The summed E-state index contributed by atoms with van der Waals surface area (Å²) in [6, 6.07) is 15.7. The normalized spacial score (nSPS) is 20.7. The number of halogens is 1. The molecule has 4 heterocycles. The van der Waals surface area contributed by atoms with Gasteiger partial charge in [-0.2, -0.15) is 10.2 Å². The fraction of sp³-hybridized carbons (Fsp3) is 0.406. The van der Waals surface area contributed by atoms with Crippen molar-refractivity contribution in [1.82, 2.24) is 24.8 Å². The highest BCUT2D eigenvalue weighted by Crippen LogP contribution is 2.29. The third-order valence-corrected chi connectivity index (χ3v) is 8.41. The first-order valence-electron chi connectivity index (χ1n) is 15.4. The van der Waals surface area contributed by atoms with Crippen LogP contribution in [0.4, 0.5) is 21.7 Å². The molecule has 2 aromatic carbocycles. The highest BCUT2D eigenvalue weighted by atomic mass is 19.1. The predicted molar refractivity (Wildman–Crippen MR) is 174 cm³/mol. The molecule has 2 unspecified atom stereocenters. The molecular weight excluding hydrogens is 605 g/mol. The lowest BCUT2D eigenvalue weighted by molar-refractivity contribution is -0.128. The van der Waals surface area contributed by atoms with Crippen molar-refractivity contribution in [2.45, 2.75) is 31.7 Å². The number of ether oxygens (including phenoxy) is 2. The van der Waals surface area contributed by atoms with Gasteiger partial charge in [-0.1, -0.05) is 0 Å². The first-order chi connectivity index (χ1) is 22.8. The Morgan fingerprint density at radius 2 is 1.91 bits per heavy atom. The van der Waals surface area contributed by atoms with Crippen molar-refractivity contribution in [2.24, 2.45) is 10.7 Å². The van der Waals surface area contributed by atoms with Crippen molar-refractivity contribution in [3.8, 4) is 23.2 Å². The van der Waals surface area contributed by atoms with Crippen molar-refractivity contribution in [1.29, 1.82) is 10.7 Å². The number of nitrogens with two attached hydrogens (primary N) is 1. The molecule has 0 saturated carbocycles. The number of nitriles is 1. The third-order valence-electron chi connectivity index (χ3n) is 8.41. The number of aromatic nitrogens is 3. The first-order valence-corrected chi connectivity index (χ1v) is 15.4. The zero-order chi connectivity index (χ0) is 32.9. The Morgan fingerprint density at radius 3 is 2.57 bits per heavy atom. The van der Waals surface area contributed by atoms with Gasteiger partial charge in [0.25, 0.3) is 5.91 Å². The number of alkyl halides is 1. The van der Waals surface area contributed by atoms with E-state index in [1.54, 1.807) is 18.2 Å². The van der Waals surface area contributed by atoms with Crippen LogP contribution < -0.4 is 20.7 Å². The summed E-state index contributed by atoms with van der Waals surface area (Å²) in [5.41, 5.74) is 8.19. The molecule has 3 saturated heterocycles. The molecule has 3 aromatic rings. The number of nitrogens with zero attached hydrogens (tertiary/aromatic N) is 8. The molecule has 0 bridgehead atoms. The lowest BCUT2D eigenvalue weighted by atomic mass is 10.0. The summed E-state index contributed by atoms with van der Waals surface area (Å²) in [5, 5.41) is 20.8. The number of aliphatic imine (C=N–C) groups is 1. The van der Waals surface area contributed by atoms with E-state index >= 15 is 4.39 Å². The molecule has 244 valence electrons. The smallest absolute Gasteiger partial charge is 0.291 e. The first kappa shape index (κ1) is 31.8. The minimum Gasteiger partial charge on any atom is -0.486 e. The molecule has 0 spiro atoms. The number of rotatable bonds is 7. The molecule has 0 radical (unpaired) electrons. The Kier molecular flexibility index (Phi) is 9.50. The number of piperidine rings is 1. The number of carbonyl (C=O) groups excluding carboxylic acids is 1. The average Bonchev–Trinajstić information content (AvgIpc) is 3.05. The number of benzene rings is 2. The average molecular weight is 642 g/mol. The second kappa shape index (κ2) is 14.1. The van der Waals surface area contributed by atoms with Crippen LogP contribution in [0.25, 0.3) is 11.4 Å². The Hall–Kier alpha value is -5.20. The largest absolute Gasteiger partial charge is 0.486 e. The molecule has 47 heavy (non-hydrogen) atoms. The molecule has 3 fully saturated rings. The number of hydrogen-bond acceptors (Lipinski definition) is 11. The van der Waals surface area contributed by atoms with E-state index in [-0.39, 0.29) is 36.7 Å². The number of hydrogen-bond donors (Lipinski definition) is 3. The van der Waals surface area contributed by atoms with E-state index in [0.29, 0.717) is 23.4 Å². The van der Waals surface area contributed by atoms with Crippen molar-refractivity contribution in [2.75, 3.05) is 62.7 Å². The van der Waals surface area contributed by atoms with Crippen molar-refractivity contribution >= 4 is 34.9 Å². The molecule has 3 aliphatic heterocycles. The Balaban J connectivity index is 1.06. The predicted octanol–water partition coefficient (Wildman–Crippen LogP) is 2.35. The maximum Gasteiger partial charge on any atom is 0.291 e.